The van der Waals surface area contributed by atoms with Crippen molar-refractivity contribution in [3.8, 4) is 0 Å². The number of aryl methyl sites for hydroxylation is 1. The van der Waals surface area contributed by atoms with Gasteiger partial charge in [0.05, 0.1) is 5.60 Å². The first-order chi connectivity index (χ1) is 9.50. The summed E-state index contributed by atoms with van der Waals surface area (Å²) in [5, 5.41) is 14.0. The first-order valence-electron chi connectivity index (χ1n) is 7.07. The van der Waals surface area contributed by atoms with Crippen molar-refractivity contribution >= 4 is 0 Å². The lowest BCUT2D eigenvalue weighted by Gasteiger charge is -2.27. The van der Waals surface area contributed by atoms with Crippen LogP contribution in [0.15, 0.2) is 54.6 Å². The van der Waals surface area contributed by atoms with Crippen LogP contribution in [-0.4, -0.2) is 11.7 Å². The Bertz CT molecular complexity index is 548. The van der Waals surface area contributed by atoms with Crippen LogP contribution >= 0.6 is 0 Å². The number of aliphatic hydroxyl groups is 1. The van der Waals surface area contributed by atoms with Gasteiger partial charge in [0.1, 0.15) is 0 Å². The average Bonchev–Trinajstić information content (AvgIpc) is 2.46. The smallest absolute Gasteiger partial charge is 0.0992 e. The molecule has 0 aliphatic rings. The Hall–Kier alpha value is -1.64. The van der Waals surface area contributed by atoms with Crippen LogP contribution in [0.2, 0.25) is 0 Å². The van der Waals surface area contributed by atoms with Crippen LogP contribution in [0.1, 0.15) is 36.6 Å². The molecule has 2 aromatic carbocycles. The van der Waals surface area contributed by atoms with Crippen molar-refractivity contribution in [2.75, 3.05) is 6.54 Å². The van der Waals surface area contributed by atoms with Gasteiger partial charge < -0.3 is 10.4 Å². The first-order valence-corrected chi connectivity index (χ1v) is 7.07. The highest BCUT2D eigenvalue weighted by Gasteiger charge is 2.23. The lowest BCUT2D eigenvalue weighted by atomic mass is 9.95. The predicted molar refractivity (Wildman–Crippen MR) is 83.6 cm³/mol. The van der Waals surface area contributed by atoms with Crippen LogP contribution in [0.25, 0.3) is 0 Å². The van der Waals surface area contributed by atoms with E-state index in [0.29, 0.717) is 6.54 Å². The highest BCUT2D eigenvalue weighted by molar-refractivity contribution is 5.28. The highest BCUT2D eigenvalue weighted by Crippen LogP contribution is 2.22. The van der Waals surface area contributed by atoms with Gasteiger partial charge in [-0.2, -0.15) is 0 Å². The summed E-state index contributed by atoms with van der Waals surface area (Å²) < 4.78 is 0. The van der Waals surface area contributed by atoms with Gasteiger partial charge in [0.15, 0.2) is 0 Å². The molecule has 0 aromatic heterocycles. The van der Waals surface area contributed by atoms with E-state index < -0.39 is 5.60 Å². The molecule has 0 heterocycles. The number of hydrogen-bond donors (Lipinski definition) is 2. The third-order valence-electron chi connectivity index (χ3n) is 3.80. The number of rotatable bonds is 5. The fraction of sp³-hybridized carbons (Fsp3) is 0.333. The van der Waals surface area contributed by atoms with E-state index in [1.807, 2.05) is 43.3 Å². The first kappa shape index (κ1) is 14.8. The van der Waals surface area contributed by atoms with E-state index in [1.165, 1.54) is 11.1 Å². The molecule has 0 bridgehead atoms. The molecule has 1 unspecified atom stereocenters. The summed E-state index contributed by atoms with van der Waals surface area (Å²) in [5.41, 5.74) is 2.62. The zero-order valence-electron chi connectivity index (χ0n) is 12.4. The molecule has 0 spiro atoms. The van der Waals surface area contributed by atoms with Crippen LogP contribution in [-0.2, 0) is 5.60 Å². The maximum Gasteiger partial charge on any atom is 0.0992 e. The van der Waals surface area contributed by atoms with Gasteiger partial charge in [0, 0.05) is 12.6 Å². The SMILES string of the molecule is Cc1ccccc1[C@@H](C)NCC(C)(O)c1ccccc1. The van der Waals surface area contributed by atoms with Gasteiger partial charge in [-0.1, -0.05) is 54.6 Å². The minimum absolute atomic E-state index is 0.214. The quantitative estimate of drug-likeness (QED) is 0.870. The number of nitrogens with one attached hydrogen (secondary N) is 1. The lowest BCUT2D eigenvalue weighted by Crippen LogP contribution is -2.36. The van der Waals surface area contributed by atoms with E-state index in [2.05, 4.69) is 37.4 Å². The van der Waals surface area contributed by atoms with Crippen LogP contribution in [0.3, 0.4) is 0 Å². The topological polar surface area (TPSA) is 32.3 Å². The van der Waals surface area contributed by atoms with Gasteiger partial charge in [-0.25, -0.2) is 0 Å². The Balaban J connectivity index is 2.03. The molecule has 2 aromatic rings. The van der Waals surface area contributed by atoms with Gasteiger partial charge in [-0.15, -0.1) is 0 Å². The Morgan fingerprint density at radius 1 is 1.05 bits per heavy atom. The molecule has 106 valence electrons. The van der Waals surface area contributed by atoms with Crippen molar-refractivity contribution in [1.29, 1.82) is 0 Å². The molecule has 2 heteroatoms. The molecule has 2 atom stereocenters. The summed E-state index contributed by atoms with van der Waals surface area (Å²) >= 11 is 0. The van der Waals surface area contributed by atoms with Crippen LogP contribution in [0, 0.1) is 6.92 Å². The van der Waals surface area contributed by atoms with Crippen molar-refractivity contribution < 1.29 is 5.11 Å². The predicted octanol–water partition coefficient (Wildman–Crippen LogP) is 3.55. The second kappa shape index (κ2) is 6.21. The maximum absolute atomic E-state index is 10.6. The normalized spacial score (nSPS) is 15.6. The molecule has 0 radical (unpaired) electrons. The summed E-state index contributed by atoms with van der Waals surface area (Å²) in [7, 11) is 0. The molecule has 2 rings (SSSR count). The van der Waals surface area contributed by atoms with Crippen molar-refractivity contribution in [2.45, 2.75) is 32.4 Å². The van der Waals surface area contributed by atoms with E-state index in [-0.39, 0.29) is 6.04 Å². The number of hydrogen-bond acceptors (Lipinski definition) is 2. The summed E-state index contributed by atoms with van der Waals surface area (Å²) in [6.07, 6.45) is 0. The van der Waals surface area contributed by atoms with E-state index in [1.54, 1.807) is 0 Å². The Morgan fingerprint density at radius 2 is 1.65 bits per heavy atom. The zero-order valence-corrected chi connectivity index (χ0v) is 12.4. The standard InChI is InChI=1S/C18H23NO/c1-14-9-7-8-12-17(14)15(2)19-13-18(3,20)16-10-5-4-6-11-16/h4-12,15,19-20H,13H2,1-3H3/t15-,18?/m1/s1. The van der Waals surface area contributed by atoms with Crippen molar-refractivity contribution in [1.82, 2.24) is 5.32 Å². The zero-order chi connectivity index (χ0) is 14.6. The van der Waals surface area contributed by atoms with Crippen molar-refractivity contribution in [3.05, 3.63) is 71.3 Å². The van der Waals surface area contributed by atoms with E-state index >= 15 is 0 Å². The third kappa shape index (κ3) is 3.47. The molecule has 0 amide bonds. The van der Waals surface area contributed by atoms with Crippen LogP contribution in [0.4, 0.5) is 0 Å². The van der Waals surface area contributed by atoms with Gasteiger partial charge in [0.2, 0.25) is 0 Å². The van der Waals surface area contributed by atoms with Crippen LogP contribution in [0.5, 0.6) is 0 Å². The average molecular weight is 269 g/mol. The Kier molecular flexibility index (Phi) is 4.58. The summed E-state index contributed by atoms with van der Waals surface area (Å²) in [5.74, 6) is 0. The van der Waals surface area contributed by atoms with Gasteiger partial charge >= 0.3 is 0 Å². The fourth-order valence-corrected chi connectivity index (χ4v) is 2.43. The second-order valence-electron chi connectivity index (χ2n) is 5.60. The van der Waals surface area contributed by atoms with Gasteiger partial charge in [0.25, 0.3) is 0 Å². The Morgan fingerprint density at radius 3 is 2.30 bits per heavy atom. The van der Waals surface area contributed by atoms with E-state index in [9.17, 15) is 5.11 Å². The highest BCUT2D eigenvalue weighted by atomic mass is 16.3. The molecule has 0 saturated carbocycles. The minimum atomic E-state index is -0.863. The molecular weight excluding hydrogens is 246 g/mol. The summed E-state index contributed by atoms with van der Waals surface area (Å²) in [6.45, 7) is 6.61. The van der Waals surface area contributed by atoms with Gasteiger partial charge in [-0.05, 0) is 37.5 Å². The molecule has 0 saturated heterocycles. The van der Waals surface area contributed by atoms with E-state index in [4.69, 9.17) is 0 Å². The maximum atomic E-state index is 10.6. The summed E-state index contributed by atoms with van der Waals surface area (Å²) in [6, 6.07) is 18.3. The molecule has 0 aliphatic carbocycles. The monoisotopic (exact) mass is 269 g/mol. The molecule has 20 heavy (non-hydrogen) atoms. The second-order valence-corrected chi connectivity index (χ2v) is 5.60. The molecule has 0 aliphatic heterocycles. The molecule has 2 nitrogen and oxygen atoms in total. The van der Waals surface area contributed by atoms with Gasteiger partial charge in [-0.3, -0.25) is 0 Å². The largest absolute Gasteiger partial charge is 0.384 e. The van der Waals surface area contributed by atoms with Crippen LogP contribution < -0.4 is 5.32 Å². The molecule has 0 fully saturated rings. The van der Waals surface area contributed by atoms with Crippen molar-refractivity contribution in [2.24, 2.45) is 0 Å². The molecular formula is C18H23NO. The third-order valence-corrected chi connectivity index (χ3v) is 3.80. The minimum Gasteiger partial charge on any atom is -0.384 e. The Labute approximate surface area is 121 Å². The van der Waals surface area contributed by atoms with Crippen molar-refractivity contribution in [3.63, 3.8) is 0 Å². The fourth-order valence-electron chi connectivity index (χ4n) is 2.43. The van der Waals surface area contributed by atoms with E-state index in [0.717, 1.165) is 5.56 Å². The summed E-state index contributed by atoms with van der Waals surface area (Å²) in [4.78, 5) is 0. The lowest BCUT2D eigenvalue weighted by molar-refractivity contribution is 0.0543. The molecule has 2 N–H and O–H groups in total. The number of benzene rings is 2.